The lowest BCUT2D eigenvalue weighted by atomic mass is 9.97. The van der Waals surface area contributed by atoms with Gasteiger partial charge >= 0.3 is 5.97 Å². The van der Waals surface area contributed by atoms with Crippen LogP contribution in [0, 0.1) is 5.92 Å². The van der Waals surface area contributed by atoms with Gasteiger partial charge < -0.3 is 42.6 Å². The summed E-state index contributed by atoms with van der Waals surface area (Å²) in [6.07, 6.45) is 1.80. The van der Waals surface area contributed by atoms with Crippen LogP contribution in [0.4, 0.5) is 0 Å². The van der Waals surface area contributed by atoms with Crippen LogP contribution in [0.15, 0.2) is 30.5 Å². The van der Waals surface area contributed by atoms with Gasteiger partial charge in [0.15, 0.2) is 0 Å². The molecule has 5 unspecified atom stereocenters. The lowest BCUT2D eigenvalue weighted by Crippen LogP contribution is -2.59. The summed E-state index contributed by atoms with van der Waals surface area (Å²) < 4.78 is 0. The summed E-state index contributed by atoms with van der Waals surface area (Å²) in [4.78, 5) is 63.8. The average Bonchev–Trinajstić information content (AvgIpc) is 3.26. The number of aromatic amines is 1. The summed E-state index contributed by atoms with van der Waals surface area (Å²) in [5.41, 5.74) is 12.9. The Labute approximate surface area is 213 Å². The molecule has 202 valence electrons. The van der Waals surface area contributed by atoms with Crippen molar-refractivity contribution in [1.29, 1.82) is 0 Å². The van der Waals surface area contributed by atoms with E-state index >= 15 is 0 Å². The average molecular weight is 519 g/mol. The zero-order valence-corrected chi connectivity index (χ0v) is 20.7. The number of primary amides is 1. The first-order valence-electron chi connectivity index (χ1n) is 11.8. The third kappa shape index (κ3) is 8.02. The van der Waals surface area contributed by atoms with E-state index in [0.717, 1.165) is 16.5 Å². The number of amides is 4. The largest absolute Gasteiger partial charge is 0.480 e. The SMILES string of the molecule is CCC(C)C(NC(=O)C(N)Cc1c[nH]c2ccccc12)C(=O)NC(CO)C(=O)NC(CC(N)=O)C(=O)O. The van der Waals surface area contributed by atoms with Crippen LogP contribution in [0.1, 0.15) is 32.3 Å². The smallest absolute Gasteiger partial charge is 0.326 e. The van der Waals surface area contributed by atoms with Crippen LogP contribution in [0.25, 0.3) is 10.9 Å². The van der Waals surface area contributed by atoms with E-state index < -0.39 is 66.8 Å². The molecule has 5 atom stereocenters. The number of H-pyrrole nitrogens is 1. The van der Waals surface area contributed by atoms with Crippen molar-refractivity contribution in [3.8, 4) is 0 Å². The molecule has 0 bridgehead atoms. The van der Waals surface area contributed by atoms with Gasteiger partial charge in [-0.1, -0.05) is 38.5 Å². The van der Waals surface area contributed by atoms with Gasteiger partial charge in [0.05, 0.1) is 19.1 Å². The zero-order chi connectivity index (χ0) is 27.7. The topological polar surface area (TPSA) is 230 Å². The van der Waals surface area contributed by atoms with Crippen molar-refractivity contribution in [1.82, 2.24) is 20.9 Å². The van der Waals surface area contributed by atoms with Gasteiger partial charge in [-0.2, -0.15) is 0 Å². The second kappa shape index (κ2) is 13.4. The molecule has 4 amide bonds. The summed E-state index contributed by atoms with van der Waals surface area (Å²) in [5.74, 6) is -5.21. The maximum absolute atomic E-state index is 13.0. The number of aromatic nitrogens is 1. The molecule has 1 aromatic heterocycles. The molecule has 2 aromatic rings. The van der Waals surface area contributed by atoms with Gasteiger partial charge in [0.1, 0.15) is 18.1 Å². The maximum Gasteiger partial charge on any atom is 0.326 e. The highest BCUT2D eigenvalue weighted by molar-refractivity contribution is 5.95. The fourth-order valence-electron chi connectivity index (χ4n) is 3.72. The van der Waals surface area contributed by atoms with Gasteiger partial charge in [-0.3, -0.25) is 19.2 Å². The number of para-hydroxylation sites is 1. The lowest BCUT2D eigenvalue weighted by Gasteiger charge is -2.27. The number of carboxylic acids is 1. The number of nitrogens with one attached hydrogen (secondary N) is 4. The summed E-state index contributed by atoms with van der Waals surface area (Å²) in [5, 5.41) is 26.7. The summed E-state index contributed by atoms with van der Waals surface area (Å²) in [6.45, 7) is 2.67. The number of aliphatic carboxylic acids is 1. The number of fused-ring (bicyclic) bond motifs is 1. The van der Waals surface area contributed by atoms with E-state index in [2.05, 4.69) is 20.9 Å². The molecule has 0 spiro atoms. The van der Waals surface area contributed by atoms with E-state index in [0.29, 0.717) is 6.42 Å². The molecule has 0 saturated heterocycles. The van der Waals surface area contributed by atoms with Crippen LogP contribution in [0.3, 0.4) is 0 Å². The normalized spacial score (nSPS) is 15.1. The van der Waals surface area contributed by atoms with Crippen LogP contribution in [-0.2, 0) is 30.4 Å². The van der Waals surface area contributed by atoms with Crippen molar-refractivity contribution < 1.29 is 34.2 Å². The molecule has 10 N–H and O–H groups in total. The molecule has 0 aliphatic heterocycles. The number of carboxylic acid groups (broad SMARTS) is 1. The zero-order valence-electron chi connectivity index (χ0n) is 20.7. The van der Waals surface area contributed by atoms with Crippen LogP contribution < -0.4 is 27.4 Å². The minimum Gasteiger partial charge on any atom is -0.480 e. The number of nitrogens with two attached hydrogens (primary N) is 2. The number of hydrogen-bond donors (Lipinski definition) is 8. The highest BCUT2D eigenvalue weighted by Crippen LogP contribution is 2.19. The van der Waals surface area contributed by atoms with Gasteiger partial charge in [0.2, 0.25) is 23.6 Å². The van der Waals surface area contributed by atoms with Crippen molar-refractivity contribution in [2.24, 2.45) is 17.4 Å². The number of rotatable bonds is 14. The Morgan fingerprint density at radius 2 is 1.65 bits per heavy atom. The van der Waals surface area contributed by atoms with Crippen LogP contribution in [-0.4, -0.2) is 75.6 Å². The Kier molecular flexibility index (Phi) is 10.6. The standard InChI is InChI=1S/C24H34N6O7/c1-3-12(2)20(23(35)29-18(11-31)22(34)28-17(24(36)37)9-19(26)32)30-21(33)15(25)8-13-10-27-16-7-5-4-6-14(13)16/h4-7,10,12,15,17-18,20,27,31H,3,8-9,11,25H2,1-2H3,(H2,26,32)(H,28,34)(H,29,35)(H,30,33)(H,36,37). The molecule has 13 nitrogen and oxygen atoms in total. The Morgan fingerprint density at radius 3 is 2.24 bits per heavy atom. The van der Waals surface area contributed by atoms with E-state index in [1.807, 2.05) is 24.3 Å². The van der Waals surface area contributed by atoms with Gasteiger partial charge in [0, 0.05) is 17.1 Å². The van der Waals surface area contributed by atoms with Crippen LogP contribution in [0.2, 0.25) is 0 Å². The number of aliphatic hydroxyl groups is 1. The summed E-state index contributed by atoms with van der Waals surface area (Å²) in [7, 11) is 0. The minimum atomic E-state index is -1.64. The van der Waals surface area contributed by atoms with Gasteiger partial charge in [-0.25, -0.2) is 4.79 Å². The summed E-state index contributed by atoms with van der Waals surface area (Å²) in [6, 6.07) is 2.32. The minimum absolute atomic E-state index is 0.211. The molecular weight excluding hydrogens is 484 g/mol. The Morgan fingerprint density at radius 1 is 1.00 bits per heavy atom. The van der Waals surface area contributed by atoms with E-state index in [9.17, 15) is 29.1 Å². The second-order valence-corrected chi connectivity index (χ2v) is 8.86. The lowest BCUT2D eigenvalue weighted by molar-refractivity contribution is -0.144. The first-order valence-corrected chi connectivity index (χ1v) is 11.8. The summed E-state index contributed by atoms with van der Waals surface area (Å²) >= 11 is 0. The highest BCUT2D eigenvalue weighted by Gasteiger charge is 2.32. The molecular formula is C24H34N6O7. The molecule has 2 rings (SSSR count). The van der Waals surface area contributed by atoms with Crippen LogP contribution in [0.5, 0.6) is 0 Å². The third-order valence-corrected chi connectivity index (χ3v) is 6.08. The number of carbonyl (C=O) groups excluding carboxylic acids is 4. The van der Waals surface area contributed by atoms with Gasteiger partial charge in [-0.05, 0) is 24.0 Å². The predicted octanol–water partition coefficient (Wildman–Crippen LogP) is -1.51. The van der Waals surface area contributed by atoms with E-state index in [-0.39, 0.29) is 12.3 Å². The van der Waals surface area contributed by atoms with Crippen molar-refractivity contribution in [2.75, 3.05) is 6.61 Å². The number of hydrogen-bond acceptors (Lipinski definition) is 7. The molecule has 0 fully saturated rings. The fraction of sp³-hybridized carbons (Fsp3) is 0.458. The number of carbonyl (C=O) groups is 5. The number of aliphatic hydroxyl groups excluding tert-OH is 1. The van der Waals surface area contributed by atoms with Crippen molar-refractivity contribution in [3.05, 3.63) is 36.0 Å². The molecule has 1 heterocycles. The molecule has 0 saturated carbocycles. The number of benzene rings is 1. The quantitative estimate of drug-likeness (QED) is 0.146. The van der Waals surface area contributed by atoms with Crippen LogP contribution >= 0.6 is 0 Å². The first kappa shape index (κ1) is 29.3. The molecule has 37 heavy (non-hydrogen) atoms. The van der Waals surface area contributed by atoms with E-state index in [1.54, 1.807) is 20.0 Å². The van der Waals surface area contributed by atoms with Crippen molar-refractivity contribution in [3.63, 3.8) is 0 Å². The molecule has 13 heteroatoms. The van der Waals surface area contributed by atoms with Gasteiger partial charge in [0.25, 0.3) is 0 Å². The Hall–Kier alpha value is -3.97. The fourth-order valence-corrected chi connectivity index (χ4v) is 3.72. The molecule has 0 aliphatic rings. The third-order valence-electron chi connectivity index (χ3n) is 6.08. The van der Waals surface area contributed by atoms with Crippen molar-refractivity contribution in [2.45, 2.75) is 57.3 Å². The highest BCUT2D eigenvalue weighted by atomic mass is 16.4. The predicted molar refractivity (Wildman–Crippen MR) is 134 cm³/mol. The van der Waals surface area contributed by atoms with Gasteiger partial charge in [-0.15, -0.1) is 0 Å². The Bertz CT molecular complexity index is 1130. The monoisotopic (exact) mass is 518 g/mol. The maximum atomic E-state index is 13.0. The first-order chi connectivity index (χ1) is 17.5. The molecule has 0 aliphatic carbocycles. The van der Waals surface area contributed by atoms with Crippen molar-refractivity contribution >= 4 is 40.5 Å². The van der Waals surface area contributed by atoms with E-state index in [4.69, 9.17) is 16.6 Å². The Balaban J connectivity index is 2.08. The van der Waals surface area contributed by atoms with E-state index in [1.165, 1.54) is 0 Å². The molecule has 1 aromatic carbocycles. The second-order valence-electron chi connectivity index (χ2n) is 8.86. The molecule has 0 radical (unpaired) electrons.